The zero-order valence-corrected chi connectivity index (χ0v) is 24.2. The van der Waals surface area contributed by atoms with E-state index in [0.29, 0.717) is 30.3 Å². The Labute approximate surface area is 231 Å². The second-order valence-electron chi connectivity index (χ2n) is 9.80. The number of rotatable bonds is 9. The van der Waals surface area contributed by atoms with E-state index in [9.17, 15) is 4.79 Å². The molecule has 0 spiro atoms. The van der Waals surface area contributed by atoms with Crippen LogP contribution in [0.5, 0.6) is 0 Å². The van der Waals surface area contributed by atoms with Gasteiger partial charge in [-0.05, 0) is 57.9 Å². The van der Waals surface area contributed by atoms with Crippen LogP contribution in [0.1, 0.15) is 54.4 Å². The largest absolute Gasteiger partial charge is 0.461 e. The number of aryl methyl sites for hydroxylation is 1. The molecular formula is C27H35N7O2S2. The first-order valence-corrected chi connectivity index (χ1v) is 15.1. The molecule has 3 heterocycles. The van der Waals surface area contributed by atoms with Gasteiger partial charge in [0.05, 0.1) is 22.0 Å². The van der Waals surface area contributed by atoms with Gasteiger partial charge in [0.1, 0.15) is 10.6 Å². The molecule has 1 saturated carbocycles. The summed E-state index contributed by atoms with van der Waals surface area (Å²) in [4.78, 5) is 25.2. The SMILES string of the molecule is CCOC(=O)c1c(SC)sc2c(CN[C@H]3CC[C@@H](Nc4nc(N(C)C)c5ccccc5n4)CC3)c(C)nn12. The molecule has 0 bridgehead atoms. The van der Waals surface area contributed by atoms with Crippen LogP contribution < -0.4 is 15.5 Å². The lowest BCUT2D eigenvalue weighted by Crippen LogP contribution is -2.37. The standard InChI is InChI=1S/C27H35N7O2S2/c1-6-36-25(35)22-26(37-5)38-24-20(16(2)32-34(22)24)15-28-17-11-13-18(14-12-17)29-27-30-21-10-8-7-9-19(21)23(31-27)33(3)4/h7-10,17-18,28H,6,11-15H2,1-5H3,(H,29,30,31)/t17-,18+. The summed E-state index contributed by atoms with van der Waals surface area (Å²) in [6.07, 6.45) is 6.23. The van der Waals surface area contributed by atoms with Crippen molar-refractivity contribution in [3.8, 4) is 0 Å². The van der Waals surface area contributed by atoms with E-state index in [1.807, 2.05) is 57.3 Å². The fraction of sp³-hybridized carbons (Fsp3) is 0.481. The minimum Gasteiger partial charge on any atom is -0.461 e. The fourth-order valence-corrected chi connectivity index (χ4v) is 7.00. The van der Waals surface area contributed by atoms with Crippen molar-refractivity contribution in [3.05, 3.63) is 41.2 Å². The van der Waals surface area contributed by atoms with Crippen LogP contribution in [-0.4, -0.2) is 64.6 Å². The van der Waals surface area contributed by atoms with Crippen LogP contribution in [0, 0.1) is 6.92 Å². The number of hydrogen-bond donors (Lipinski definition) is 2. The van der Waals surface area contributed by atoms with Crippen LogP contribution >= 0.6 is 23.1 Å². The van der Waals surface area contributed by atoms with Crippen LogP contribution in [0.4, 0.5) is 11.8 Å². The smallest absolute Gasteiger partial charge is 0.359 e. The highest BCUT2D eigenvalue weighted by Gasteiger charge is 2.26. The maximum atomic E-state index is 12.6. The van der Waals surface area contributed by atoms with Gasteiger partial charge in [-0.1, -0.05) is 12.1 Å². The lowest BCUT2D eigenvalue weighted by molar-refractivity contribution is 0.0513. The number of carbonyl (C=O) groups is 1. The normalized spacial score (nSPS) is 17.7. The first-order chi connectivity index (χ1) is 18.4. The Balaban J connectivity index is 1.22. The number of thiazole rings is 1. The Kier molecular flexibility index (Phi) is 8.06. The van der Waals surface area contributed by atoms with Crippen molar-refractivity contribution in [3.63, 3.8) is 0 Å². The number of nitrogens with one attached hydrogen (secondary N) is 2. The molecule has 4 aromatic rings. The molecule has 38 heavy (non-hydrogen) atoms. The van der Waals surface area contributed by atoms with Crippen molar-refractivity contribution in [2.45, 2.75) is 62.4 Å². The monoisotopic (exact) mass is 553 g/mol. The molecule has 0 amide bonds. The van der Waals surface area contributed by atoms with Crippen molar-refractivity contribution >= 4 is 56.6 Å². The summed E-state index contributed by atoms with van der Waals surface area (Å²) in [6, 6.07) is 8.93. The van der Waals surface area contributed by atoms with Crippen LogP contribution in [0.25, 0.3) is 15.7 Å². The first-order valence-electron chi connectivity index (χ1n) is 13.1. The topological polar surface area (TPSA) is 96.7 Å². The molecule has 1 aliphatic carbocycles. The second-order valence-corrected chi connectivity index (χ2v) is 11.9. The number of thioether (sulfide) groups is 1. The minimum atomic E-state index is -0.316. The van der Waals surface area contributed by atoms with Gasteiger partial charge in [0, 0.05) is 43.7 Å². The average molecular weight is 554 g/mol. The highest BCUT2D eigenvalue weighted by atomic mass is 32.2. The summed E-state index contributed by atoms with van der Waals surface area (Å²) < 4.78 is 8.00. The molecule has 1 fully saturated rings. The van der Waals surface area contributed by atoms with Crippen molar-refractivity contribution in [1.82, 2.24) is 24.9 Å². The molecule has 202 valence electrons. The third-order valence-corrected chi connectivity index (χ3v) is 9.33. The summed E-state index contributed by atoms with van der Waals surface area (Å²) in [5.41, 5.74) is 3.59. The number of ether oxygens (including phenoxy) is 1. The van der Waals surface area contributed by atoms with Crippen molar-refractivity contribution in [1.29, 1.82) is 0 Å². The number of para-hydroxylation sites is 1. The predicted molar refractivity (Wildman–Crippen MR) is 156 cm³/mol. The zero-order chi connectivity index (χ0) is 26.8. The number of fused-ring (bicyclic) bond motifs is 2. The van der Waals surface area contributed by atoms with E-state index in [1.165, 1.54) is 0 Å². The number of anilines is 2. The van der Waals surface area contributed by atoms with Gasteiger partial charge in [0.2, 0.25) is 5.95 Å². The lowest BCUT2D eigenvalue weighted by atomic mass is 9.91. The number of carbonyl (C=O) groups excluding carboxylic acids is 1. The number of benzene rings is 1. The van der Waals surface area contributed by atoms with Gasteiger partial charge >= 0.3 is 5.97 Å². The number of aromatic nitrogens is 4. The number of nitrogens with zero attached hydrogens (tertiary/aromatic N) is 5. The molecule has 1 aromatic carbocycles. The van der Waals surface area contributed by atoms with Gasteiger partial charge in [0.15, 0.2) is 5.69 Å². The molecule has 0 atom stereocenters. The molecule has 0 saturated heterocycles. The molecule has 0 aliphatic heterocycles. The fourth-order valence-electron chi connectivity index (χ4n) is 5.06. The van der Waals surface area contributed by atoms with Gasteiger partial charge in [-0.2, -0.15) is 10.1 Å². The molecule has 5 rings (SSSR count). The molecule has 2 N–H and O–H groups in total. The molecule has 0 unspecified atom stereocenters. The van der Waals surface area contributed by atoms with Crippen LogP contribution in [0.3, 0.4) is 0 Å². The van der Waals surface area contributed by atoms with Crippen molar-refractivity contribution in [2.75, 3.05) is 37.2 Å². The highest BCUT2D eigenvalue weighted by molar-refractivity contribution is 8.00. The minimum absolute atomic E-state index is 0.316. The molecule has 0 radical (unpaired) electrons. The van der Waals surface area contributed by atoms with E-state index in [1.54, 1.807) is 27.6 Å². The lowest BCUT2D eigenvalue weighted by Gasteiger charge is -2.30. The summed E-state index contributed by atoms with van der Waals surface area (Å²) in [5.74, 6) is 1.31. The Morgan fingerprint density at radius 1 is 1.18 bits per heavy atom. The van der Waals surface area contributed by atoms with E-state index >= 15 is 0 Å². The second kappa shape index (κ2) is 11.5. The Bertz CT molecular complexity index is 1440. The highest BCUT2D eigenvalue weighted by Crippen LogP contribution is 2.35. The van der Waals surface area contributed by atoms with Crippen LogP contribution in [0.2, 0.25) is 0 Å². The molecule has 3 aromatic heterocycles. The zero-order valence-electron chi connectivity index (χ0n) is 22.6. The number of hydrogen-bond acceptors (Lipinski definition) is 10. The Hall–Kier alpha value is -2.89. The van der Waals surface area contributed by atoms with Gasteiger partial charge < -0.3 is 20.3 Å². The maximum Gasteiger partial charge on any atom is 0.359 e. The van der Waals surface area contributed by atoms with Crippen molar-refractivity contribution < 1.29 is 9.53 Å². The van der Waals surface area contributed by atoms with Crippen LogP contribution in [-0.2, 0) is 11.3 Å². The predicted octanol–water partition coefficient (Wildman–Crippen LogP) is 5.12. The average Bonchev–Trinajstić information content (AvgIpc) is 3.41. The van der Waals surface area contributed by atoms with Crippen molar-refractivity contribution in [2.24, 2.45) is 0 Å². The third kappa shape index (κ3) is 5.32. The number of esters is 1. The third-order valence-electron chi connectivity index (χ3n) is 7.02. The van der Waals surface area contributed by atoms with E-state index in [4.69, 9.17) is 19.8 Å². The maximum absolute atomic E-state index is 12.6. The van der Waals surface area contributed by atoms with Crippen LogP contribution in [0.15, 0.2) is 28.5 Å². The Morgan fingerprint density at radius 3 is 2.63 bits per heavy atom. The van der Waals surface area contributed by atoms with Gasteiger partial charge in [-0.3, -0.25) is 0 Å². The molecular weight excluding hydrogens is 518 g/mol. The summed E-state index contributed by atoms with van der Waals surface area (Å²) in [6.45, 7) is 4.91. The molecule has 11 heteroatoms. The molecule has 1 aliphatic rings. The van der Waals surface area contributed by atoms with E-state index in [0.717, 1.165) is 69.2 Å². The quantitative estimate of drug-likeness (QED) is 0.216. The molecule has 9 nitrogen and oxygen atoms in total. The van der Waals surface area contributed by atoms with E-state index in [2.05, 4.69) is 16.7 Å². The van der Waals surface area contributed by atoms with Gasteiger partial charge in [-0.15, -0.1) is 23.1 Å². The van der Waals surface area contributed by atoms with Gasteiger partial charge in [0.25, 0.3) is 0 Å². The Morgan fingerprint density at radius 2 is 1.92 bits per heavy atom. The first kappa shape index (κ1) is 26.7. The van der Waals surface area contributed by atoms with Gasteiger partial charge in [-0.25, -0.2) is 14.3 Å². The summed E-state index contributed by atoms with van der Waals surface area (Å²) in [7, 11) is 4.03. The summed E-state index contributed by atoms with van der Waals surface area (Å²) in [5, 5.41) is 13.1. The summed E-state index contributed by atoms with van der Waals surface area (Å²) >= 11 is 3.17. The van der Waals surface area contributed by atoms with E-state index < -0.39 is 0 Å². The van der Waals surface area contributed by atoms with E-state index in [-0.39, 0.29) is 5.97 Å².